The molecule has 186 valence electrons. The lowest BCUT2D eigenvalue weighted by Crippen LogP contribution is -2.39. The van der Waals surface area contributed by atoms with Crippen molar-refractivity contribution in [3.05, 3.63) is 94.5 Å². The molecule has 3 aromatic rings. The number of rotatable bonds is 10. The molecule has 0 bridgehead atoms. The van der Waals surface area contributed by atoms with Crippen molar-refractivity contribution in [3.63, 3.8) is 0 Å². The van der Waals surface area contributed by atoms with E-state index in [1.165, 1.54) is 42.6 Å². The topological polar surface area (TPSA) is 131 Å². The minimum Gasteiger partial charge on any atom is -0.489 e. The van der Waals surface area contributed by atoms with Crippen LogP contribution in [0.1, 0.15) is 5.56 Å². The predicted octanol–water partition coefficient (Wildman–Crippen LogP) is 3.43. The zero-order valence-electron chi connectivity index (χ0n) is 18.9. The number of ether oxygens (including phenoxy) is 1. The number of amides is 1. The van der Waals surface area contributed by atoms with E-state index in [1.807, 2.05) is 23.9 Å². The van der Waals surface area contributed by atoms with Gasteiger partial charge < -0.3 is 4.74 Å². The molecule has 1 amide bonds. The first-order valence-corrected chi connectivity index (χ1v) is 13.4. The minimum atomic E-state index is -4.14. The van der Waals surface area contributed by atoms with E-state index in [4.69, 9.17) is 4.74 Å². The zero-order chi connectivity index (χ0) is 25.5. The summed E-state index contributed by atoms with van der Waals surface area (Å²) in [5, 5.41) is 14.9. The number of carbonyl (C=O) groups excluding carboxylic acids is 1. The maximum atomic E-state index is 13.3. The van der Waals surface area contributed by atoms with Crippen LogP contribution < -0.4 is 14.5 Å². The molecular weight excluding hydrogens is 504 g/mol. The number of benzene rings is 3. The third-order valence-corrected chi connectivity index (χ3v) is 8.14. The van der Waals surface area contributed by atoms with E-state index >= 15 is 0 Å². The maximum absolute atomic E-state index is 13.3. The third-order valence-electron chi connectivity index (χ3n) is 5.14. The van der Waals surface area contributed by atoms with E-state index in [9.17, 15) is 23.3 Å². The van der Waals surface area contributed by atoms with Gasteiger partial charge in [0.05, 0.1) is 21.7 Å². The van der Waals surface area contributed by atoms with Crippen LogP contribution in [0, 0.1) is 10.1 Å². The highest BCUT2D eigenvalue weighted by atomic mass is 32.2. The van der Waals surface area contributed by atoms with Crippen molar-refractivity contribution in [1.29, 1.82) is 0 Å². The number of sulfonamides is 1. The Hall–Kier alpha value is -3.90. The molecule has 0 radical (unpaired) electrons. The first-order valence-electron chi connectivity index (χ1n) is 10.8. The molecule has 0 unspecified atom stereocenters. The van der Waals surface area contributed by atoms with Crippen molar-refractivity contribution in [3.8, 4) is 5.75 Å². The summed E-state index contributed by atoms with van der Waals surface area (Å²) in [6.45, 7) is -0.588. The van der Waals surface area contributed by atoms with Crippen LogP contribution >= 0.6 is 11.8 Å². The van der Waals surface area contributed by atoms with Crippen LogP contribution in [-0.4, -0.2) is 49.6 Å². The smallest absolute Gasteiger partial charge is 0.269 e. The fraction of sp³-hybridized carbons (Fsp3) is 0.167. The number of non-ortho nitro benzene ring substituents is 1. The fourth-order valence-electron chi connectivity index (χ4n) is 3.26. The lowest BCUT2D eigenvalue weighted by Gasteiger charge is -2.25. The van der Waals surface area contributed by atoms with Crippen LogP contribution in [0.3, 0.4) is 0 Å². The molecule has 3 aromatic carbocycles. The average molecular weight is 527 g/mol. The summed E-state index contributed by atoms with van der Waals surface area (Å²) in [4.78, 5) is 23.0. The van der Waals surface area contributed by atoms with Gasteiger partial charge in [0.2, 0.25) is 0 Å². The Bertz CT molecular complexity index is 1360. The molecule has 0 spiro atoms. The van der Waals surface area contributed by atoms with E-state index in [0.717, 1.165) is 15.8 Å². The number of nitrogens with one attached hydrogen (secondary N) is 1. The lowest BCUT2D eigenvalue weighted by atomic mass is 10.2. The summed E-state index contributed by atoms with van der Waals surface area (Å²) in [5.41, 5.74) is 2.94. The van der Waals surface area contributed by atoms with Crippen LogP contribution in [0.25, 0.3) is 0 Å². The number of anilines is 1. The zero-order valence-corrected chi connectivity index (χ0v) is 20.5. The fourth-order valence-corrected chi connectivity index (χ4v) is 5.27. The highest BCUT2D eigenvalue weighted by Crippen LogP contribution is 2.26. The molecule has 4 rings (SSSR count). The van der Waals surface area contributed by atoms with Crippen molar-refractivity contribution < 1.29 is 22.9 Å². The van der Waals surface area contributed by atoms with E-state index in [-0.39, 0.29) is 22.4 Å². The molecule has 1 heterocycles. The van der Waals surface area contributed by atoms with Gasteiger partial charge in [-0.25, -0.2) is 13.8 Å². The Morgan fingerprint density at radius 3 is 2.47 bits per heavy atom. The molecule has 1 fully saturated rings. The lowest BCUT2D eigenvalue weighted by molar-refractivity contribution is -0.384. The monoisotopic (exact) mass is 526 g/mol. The number of nitro groups is 1. The minimum absolute atomic E-state index is 0.0265. The van der Waals surface area contributed by atoms with Gasteiger partial charge in [0.15, 0.2) is 0 Å². The number of thioether (sulfide) groups is 1. The summed E-state index contributed by atoms with van der Waals surface area (Å²) in [5.74, 6) is 1.91. The summed E-state index contributed by atoms with van der Waals surface area (Å²) in [7, 11) is -4.14. The molecule has 36 heavy (non-hydrogen) atoms. The SMILES string of the molecule is O=C(CN(c1ccc([N+](=O)[O-])cc1)S(=O)(=O)c1ccccc1)N/N=C/c1cccc(OC2CSC2)c1. The highest BCUT2D eigenvalue weighted by molar-refractivity contribution is 8.00. The van der Waals surface area contributed by atoms with Crippen LogP contribution in [0.4, 0.5) is 11.4 Å². The second-order valence-corrected chi connectivity index (χ2v) is 10.7. The first-order chi connectivity index (χ1) is 17.3. The molecule has 1 N–H and O–H groups in total. The Morgan fingerprint density at radius 2 is 1.83 bits per heavy atom. The summed E-state index contributed by atoms with van der Waals surface area (Å²) in [6, 6.07) is 19.8. The van der Waals surface area contributed by atoms with Crippen molar-refractivity contribution in [2.45, 2.75) is 11.0 Å². The van der Waals surface area contributed by atoms with Gasteiger partial charge in [-0.1, -0.05) is 30.3 Å². The largest absolute Gasteiger partial charge is 0.489 e. The van der Waals surface area contributed by atoms with E-state index in [2.05, 4.69) is 10.5 Å². The molecule has 0 saturated carbocycles. The molecule has 10 nitrogen and oxygen atoms in total. The summed E-state index contributed by atoms with van der Waals surface area (Å²) < 4.78 is 33.3. The van der Waals surface area contributed by atoms with Gasteiger partial charge in [-0.3, -0.25) is 19.2 Å². The van der Waals surface area contributed by atoms with Gasteiger partial charge in [-0.2, -0.15) is 16.9 Å². The van der Waals surface area contributed by atoms with Gasteiger partial charge in [0.25, 0.3) is 21.6 Å². The molecule has 1 aliphatic rings. The predicted molar refractivity (Wildman–Crippen MR) is 138 cm³/mol. The maximum Gasteiger partial charge on any atom is 0.269 e. The van der Waals surface area contributed by atoms with Crippen molar-refractivity contribution >= 4 is 45.3 Å². The van der Waals surface area contributed by atoms with E-state index < -0.39 is 27.4 Å². The van der Waals surface area contributed by atoms with Crippen LogP contribution in [0.2, 0.25) is 0 Å². The molecule has 1 aliphatic heterocycles. The van der Waals surface area contributed by atoms with Crippen molar-refractivity contribution in [2.24, 2.45) is 5.10 Å². The van der Waals surface area contributed by atoms with Gasteiger partial charge >= 0.3 is 0 Å². The normalized spacial score (nSPS) is 13.7. The third kappa shape index (κ3) is 6.20. The Morgan fingerprint density at radius 1 is 1.11 bits per heavy atom. The first kappa shape index (κ1) is 25.2. The van der Waals surface area contributed by atoms with Crippen molar-refractivity contribution in [2.75, 3.05) is 22.4 Å². The highest BCUT2D eigenvalue weighted by Gasteiger charge is 2.27. The summed E-state index contributed by atoms with van der Waals surface area (Å²) in [6.07, 6.45) is 1.63. The second-order valence-electron chi connectivity index (χ2n) is 7.74. The number of nitro benzene ring substituents is 1. The van der Waals surface area contributed by atoms with Gasteiger partial charge in [0.1, 0.15) is 18.4 Å². The number of hydrogen-bond donors (Lipinski definition) is 1. The van der Waals surface area contributed by atoms with E-state index in [1.54, 1.807) is 30.3 Å². The molecule has 0 aliphatic carbocycles. The van der Waals surface area contributed by atoms with Crippen LogP contribution in [0.15, 0.2) is 88.9 Å². The van der Waals surface area contributed by atoms with Crippen LogP contribution in [-0.2, 0) is 14.8 Å². The van der Waals surface area contributed by atoms with Crippen molar-refractivity contribution in [1.82, 2.24) is 5.43 Å². The molecule has 12 heteroatoms. The molecule has 0 atom stereocenters. The number of carbonyl (C=O) groups is 1. The average Bonchev–Trinajstić information content (AvgIpc) is 2.85. The van der Waals surface area contributed by atoms with Gasteiger partial charge in [-0.05, 0) is 42.0 Å². The van der Waals surface area contributed by atoms with E-state index in [0.29, 0.717) is 11.3 Å². The number of hydrazone groups is 1. The number of hydrogen-bond acceptors (Lipinski definition) is 8. The second kappa shape index (κ2) is 11.2. The standard InChI is InChI=1S/C24H22N4O6S2/c29-24(26-25-14-18-5-4-6-21(13-18)34-22-16-35-17-22)15-27(19-9-11-20(12-10-19)28(30)31)36(32,33)23-7-2-1-3-8-23/h1-14,22H,15-17H2,(H,26,29)/b25-14+. The number of nitrogens with zero attached hydrogens (tertiary/aromatic N) is 3. The molecule has 0 aromatic heterocycles. The van der Waals surface area contributed by atoms with Crippen LogP contribution in [0.5, 0.6) is 5.75 Å². The Labute approximate surface area is 212 Å². The Kier molecular flexibility index (Phi) is 7.86. The van der Waals surface area contributed by atoms with Gasteiger partial charge in [0, 0.05) is 23.6 Å². The Balaban J connectivity index is 1.49. The molecular formula is C24H22N4O6S2. The summed E-state index contributed by atoms with van der Waals surface area (Å²) >= 11 is 1.82. The van der Waals surface area contributed by atoms with Gasteiger partial charge in [-0.15, -0.1) is 0 Å². The molecule has 1 saturated heterocycles. The quantitative estimate of drug-likeness (QED) is 0.243.